The molecule has 1 aromatic heterocycles. The quantitative estimate of drug-likeness (QED) is 0.801. The molecule has 106 valence electrons. The van der Waals surface area contributed by atoms with Crippen LogP contribution in [0.1, 0.15) is 31.9 Å². The van der Waals surface area contributed by atoms with Crippen molar-refractivity contribution in [2.45, 2.75) is 45.7 Å². The fourth-order valence-electron chi connectivity index (χ4n) is 2.14. The first-order valence-electron chi connectivity index (χ1n) is 6.86. The third-order valence-electron chi connectivity index (χ3n) is 3.27. The summed E-state index contributed by atoms with van der Waals surface area (Å²) in [5.41, 5.74) is 7.55. The molecule has 0 radical (unpaired) electrons. The molecule has 3 N–H and O–H groups in total. The highest BCUT2D eigenvalue weighted by Crippen LogP contribution is 2.26. The Labute approximate surface area is 113 Å². The molecule has 1 heterocycles. The van der Waals surface area contributed by atoms with E-state index in [2.05, 4.69) is 17.3 Å². The molecule has 1 aliphatic carbocycles. The molecule has 1 saturated carbocycles. The minimum Gasteiger partial charge on any atom is -0.394 e. The topological polar surface area (TPSA) is 76.2 Å². The van der Waals surface area contributed by atoms with E-state index in [1.165, 1.54) is 0 Å². The molecule has 0 spiro atoms. The number of carbonyl (C=O) groups excluding carboxylic acids is 1. The van der Waals surface area contributed by atoms with Gasteiger partial charge in [-0.1, -0.05) is 6.92 Å². The maximum absolute atomic E-state index is 11.8. The zero-order valence-corrected chi connectivity index (χ0v) is 11.9. The number of likely N-dealkylation sites (N-methyl/N-ethyl adjacent to an activating group) is 1. The standard InChI is InChI=1S/C13H23N5O/c1-4-7-18-13(12(14)9(2)16-18)17(3)8-11(19)15-10-5-6-10/h10H,4-8,14H2,1-3H3,(H,15,19). The first kappa shape index (κ1) is 13.7. The molecular formula is C13H23N5O. The van der Waals surface area contributed by atoms with Crippen LogP contribution in [0.25, 0.3) is 0 Å². The van der Waals surface area contributed by atoms with Crippen LogP contribution in [0.3, 0.4) is 0 Å². The van der Waals surface area contributed by atoms with Gasteiger partial charge in [-0.3, -0.25) is 4.79 Å². The lowest BCUT2D eigenvalue weighted by atomic mass is 10.3. The zero-order valence-electron chi connectivity index (χ0n) is 11.9. The smallest absolute Gasteiger partial charge is 0.239 e. The van der Waals surface area contributed by atoms with Gasteiger partial charge in [-0.15, -0.1) is 0 Å². The molecule has 2 rings (SSSR count). The van der Waals surface area contributed by atoms with Crippen LogP contribution in [0.5, 0.6) is 0 Å². The van der Waals surface area contributed by atoms with Gasteiger partial charge in [0, 0.05) is 19.6 Å². The molecule has 1 aromatic rings. The number of carbonyl (C=O) groups is 1. The summed E-state index contributed by atoms with van der Waals surface area (Å²) in [6, 6.07) is 0.389. The van der Waals surface area contributed by atoms with Crippen LogP contribution in [0, 0.1) is 6.92 Å². The number of hydrogen-bond acceptors (Lipinski definition) is 4. The van der Waals surface area contributed by atoms with Crippen molar-refractivity contribution >= 4 is 17.4 Å². The first-order chi connectivity index (χ1) is 9.02. The van der Waals surface area contributed by atoms with Crippen molar-refractivity contribution < 1.29 is 4.79 Å². The first-order valence-corrected chi connectivity index (χ1v) is 6.86. The van der Waals surface area contributed by atoms with Crippen LogP contribution in [0.4, 0.5) is 11.5 Å². The molecule has 0 bridgehead atoms. The summed E-state index contributed by atoms with van der Waals surface area (Å²) in [5, 5.41) is 7.40. The van der Waals surface area contributed by atoms with Crippen molar-refractivity contribution in [1.29, 1.82) is 0 Å². The molecule has 1 fully saturated rings. The molecule has 0 saturated heterocycles. The normalized spacial score (nSPS) is 14.5. The lowest BCUT2D eigenvalue weighted by Crippen LogP contribution is -2.37. The largest absolute Gasteiger partial charge is 0.394 e. The summed E-state index contributed by atoms with van der Waals surface area (Å²) in [7, 11) is 1.88. The zero-order chi connectivity index (χ0) is 14.0. The van der Waals surface area contributed by atoms with E-state index >= 15 is 0 Å². The summed E-state index contributed by atoms with van der Waals surface area (Å²) in [4.78, 5) is 13.7. The average molecular weight is 265 g/mol. The van der Waals surface area contributed by atoms with E-state index in [1.54, 1.807) is 0 Å². The van der Waals surface area contributed by atoms with E-state index in [4.69, 9.17) is 5.73 Å². The van der Waals surface area contributed by atoms with E-state index in [-0.39, 0.29) is 5.91 Å². The summed E-state index contributed by atoms with van der Waals surface area (Å²) < 4.78 is 1.88. The second-order valence-corrected chi connectivity index (χ2v) is 5.24. The van der Waals surface area contributed by atoms with Crippen LogP contribution >= 0.6 is 0 Å². The fraction of sp³-hybridized carbons (Fsp3) is 0.692. The lowest BCUT2D eigenvalue weighted by Gasteiger charge is -2.20. The number of hydrogen-bond donors (Lipinski definition) is 2. The summed E-state index contributed by atoms with van der Waals surface area (Å²) in [5.74, 6) is 0.886. The number of aromatic nitrogens is 2. The molecule has 0 unspecified atom stereocenters. The van der Waals surface area contributed by atoms with Gasteiger partial charge < -0.3 is 16.0 Å². The number of aryl methyl sites for hydroxylation is 2. The highest BCUT2D eigenvalue weighted by atomic mass is 16.2. The number of rotatable bonds is 6. The van der Waals surface area contributed by atoms with Crippen LogP contribution in [-0.2, 0) is 11.3 Å². The second-order valence-electron chi connectivity index (χ2n) is 5.24. The fourth-order valence-corrected chi connectivity index (χ4v) is 2.14. The molecule has 0 aromatic carbocycles. The molecule has 6 heteroatoms. The van der Waals surface area contributed by atoms with Crippen LogP contribution < -0.4 is 16.0 Å². The Kier molecular flexibility index (Phi) is 3.97. The van der Waals surface area contributed by atoms with Crippen LogP contribution in [0.15, 0.2) is 0 Å². The highest BCUT2D eigenvalue weighted by Gasteiger charge is 2.24. The van der Waals surface area contributed by atoms with Crippen molar-refractivity contribution in [2.75, 3.05) is 24.2 Å². The third kappa shape index (κ3) is 3.19. The Hall–Kier alpha value is -1.72. The van der Waals surface area contributed by atoms with Crippen LogP contribution in [-0.4, -0.2) is 35.3 Å². The van der Waals surface area contributed by atoms with E-state index in [1.807, 2.05) is 23.6 Å². The van der Waals surface area contributed by atoms with Gasteiger partial charge in [0.25, 0.3) is 0 Å². The number of nitrogens with zero attached hydrogens (tertiary/aromatic N) is 3. The Morgan fingerprint density at radius 3 is 2.84 bits per heavy atom. The van der Waals surface area contributed by atoms with Gasteiger partial charge in [-0.2, -0.15) is 5.10 Å². The van der Waals surface area contributed by atoms with Crippen molar-refractivity contribution in [1.82, 2.24) is 15.1 Å². The van der Waals surface area contributed by atoms with E-state index in [0.29, 0.717) is 18.3 Å². The SMILES string of the molecule is CCCn1nc(C)c(N)c1N(C)CC(=O)NC1CC1. The monoisotopic (exact) mass is 265 g/mol. The molecule has 0 aliphatic heterocycles. The molecule has 6 nitrogen and oxygen atoms in total. The molecule has 19 heavy (non-hydrogen) atoms. The minimum absolute atomic E-state index is 0.0475. The van der Waals surface area contributed by atoms with Gasteiger partial charge in [-0.05, 0) is 26.2 Å². The van der Waals surface area contributed by atoms with Crippen molar-refractivity contribution in [3.63, 3.8) is 0 Å². The van der Waals surface area contributed by atoms with E-state index < -0.39 is 0 Å². The molecule has 1 aliphatic rings. The van der Waals surface area contributed by atoms with E-state index in [0.717, 1.165) is 37.3 Å². The van der Waals surface area contributed by atoms with Gasteiger partial charge in [0.05, 0.1) is 17.9 Å². The Morgan fingerprint density at radius 1 is 1.58 bits per heavy atom. The predicted molar refractivity (Wildman–Crippen MR) is 76.1 cm³/mol. The van der Waals surface area contributed by atoms with Crippen LogP contribution in [0.2, 0.25) is 0 Å². The molecular weight excluding hydrogens is 242 g/mol. The van der Waals surface area contributed by atoms with Gasteiger partial charge >= 0.3 is 0 Å². The number of nitrogens with two attached hydrogens (primary N) is 1. The summed E-state index contributed by atoms with van der Waals surface area (Å²) in [6.07, 6.45) is 3.19. The maximum Gasteiger partial charge on any atom is 0.239 e. The Balaban J connectivity index is 2.07. The summed E-state index contributed by atoms with van der Waals surface area (Å²) in [6.45, 7) is 5.11. The number of nitrogens with one attached hydrogen (secondary N) is 1. The van der Waals surface area contributed by atoms with Crippen molar-refractivity contribution in [2.24, 2.45) is 0 Å². The second kappa shape index (κ2) is 5.50. The van der Waals surface area contributed by atoms with Gasteiger partial charge in [0.1, 0.15) is 0 Å². The number of nitrogen functional groups attached to an aromatic ring is 1. The Bertz CT molecular complexity index is 464. The Morgan fingerprint density at radius 2 is 2.26 bits per heavy atom. The van der Waals surface area contributed by atoms with Crippen molar-refractivity contribution in [3.05, 3.63) is 5.69 Å². The van der Waals surface area contributed by atoms with Gasteiger partial charge in [-0.25, -0.2) is 4.68 Å². The third-order valence-corrected chi connectivity index (χ3v) is 3.27. The van der Waals surface area contributed by atoms with E-state index in [9.17, 15) is 4.79 Å². The lowest BCUT2D eigenvalue weighted by molar-refractivity contribution is -0.119. The minimum atomic E-state index is 0.0475. The maximum atomic E-state index is 11.8. The summed E-state index contributed by atoms with van der Waals surface area (Å²) >= 11 is 0. The van der Waals surface area contributed by atoms with Crippen molar-refractivity contribution in [3.8, 4) is 0 Å². The average Bonchev–Trinajstić information content (AvgIpc) is 3.07. The number of anilines is 2. The van der Waals surface area contributed by atoms with Gasteiger partial charge in [0.2, 0.25) is 5.91 Å². The number of amides is 1. The van der Waals surface area contributed by atoms with Gasteiger partial charge in [0.15, 0.2) is 5.82 Å². The predicted octanol–water partition coefficient (Wildman–Crippen LogP) is 0.899. The highest BCUT2D eigenvalue weighted by molar-refractivity contribution is 5.83. The molecule has 0 atom stereocenters. The molecule has 1 amide bonds.